The Balaban J connectivity index is 2.01. The maximum atomic E-state index is 3.44. The Morgan fingerprint density at radius 1 is 1.20 bits per heavy atom. The molecule has 1 aromatic carbocycles. The minimum atomic E-state index is 0.641. The lowest BCUT2D eigenvalue weighted by atomic mass is 9.95. The average molecular weight is 263 g/mol. The molecule has 0 nitrogen and oxygen atoms in total. The Morgan fingerprint density at radius 3 is 2.67 bits per heavy atom. The molecule has 0 saturated heterocycles. The van der Waals surface area contributed by atoms with Crippen molar-refractivity contribution in [2.24, 2.45) is 5.92 Å². The quantitative estimate of drug-likeness (QED) is 0.671. The van der Waals surface area contributed by atoms with Crippen LogP contribution in [0.3, 0.4) is 0 Å². The molecule has 0 radical (unpaired) electrons. The largest absolute Gasteiger partial charge is 0.0879 e. The molecule has 0 heterocycles. The number of allylic oxidation sites excluding steroid dienone is 3. The highest BCUT2D eigenvalue weighted by atomic mass is 79.9. The van der Waals surface area contributed by atoms with Crippen molar-refractivity contribution in [1.82, 2.24) is 0 Å². The van der Waals surface area contributed by atoms with Gasteiger partial charge in [0, 0.05) is 4.47 Å². The Labute approximate surface area is 99.8 Å². The van der Waals surface area contributed by atoms with Gasteiger partial charge in [0.05, 0.1) is 0 Å². The van der Waals surface area contributed by atoms with E-state index in [4.69, 9.17) is 0 Å². The first-order chi connectivity index (χ1) is 7.34. The summed E-state index contributed by atoms with van der Waals surface area (Å²) >= 11 is 3.44. The summed E-state index contributed by atoms with van der Waals surface area (Å²) in [7, 11) is 0. The zero-order valence-electron chi connectivity index (χ0n) is 8.70. The molecule has 0 saturated carbocycles. The lowest BCUT2D eigenvalue weighted by Crippen LogP contribution is -1.95. The van der Waals surface area contributed by atoms with Gasteiger partial charge in [-0.3, -0.25) is 0 Å². The SMILES string of the molecule is Brc1ccc(C=CC2C=CCCC2)cc1. The molecule has 0 amide bonds. The van der Waals surface area contributed by atoms with Crippen LogP contribution in [0.1, 0.15) is 24.8 Å². The summed E-state index contributed by atoms with van der Waals surface area (Å²) in [5, 5.41) is 0. The van der Waals surface area contributed by atoms with E-state index < -0.39 is 0 Å². The van der Waals surface area contributed by atoms with Crippen molar-refractivity contribution in [3.05, 3.63) is 52.5 Å². The fourth-order valence-corrected chi connectivity index (χ4v) is 2.07. The van der Waals surface area contributed by atoms with E-state index in [1.807, 2.05) is 0 Å². The van der Waals surface area contributed by atoms with Crippen LogP contribution in [0.15, 0.2) is 47.0 Å². The molecular formula is C14H15Br. The Kier molecular flexibility index (Phi) is 3.79. The molecule has 1 unspecified atom stereocenters. The van der Waals surface area contributed by atoms with Crippen LogP contribution in [0.2, 0.25) is 0 Å². The topological polar surface area (TPSA) is 0 Å². The van der Waals surface area contributed by atoms with Crippen LogP contribution in [-0.2, 0) is 0 Å². The van der Waals surface area contributed by atoms with E-state index in [0.29, 0.717) is 5.92 Å². The second kappa shape index (κ2) is 5.32. The van der Waals surface area contributed by atoms with Crippen molar-refractivity contribution in [3.63, 3.8) is 0 Å². The van der Waals surface area contributed by atoms with Gasteiger partial charge in [0.25, 0.3) is 0 Å². The molecule has 78 valence electrons. The molecule has 15 heavy (non-hydrogen) atoms. The first-order valence-corrected chi connectivity index (χ1v) is 6.24. The molecule has 1 atom stereocenters. The van der Waals surface area contributed by atoms with Crippen molar-refractivity contribution < 1.29 is 0 Å². The number of halogens is 1. The van der Waals surface area contributed by atoms with Crippen LogP contribution in [-0.4, -0.2) is 0 Å². The molecule has 0 spiro atoms. The van der Waals surface area contributed by atoms with E-state index in [-0.39, 0.29) is 0 Å². The van der Waals surface area contributed by atoms with Gasteiger partial charge < -0.3 is 0 Å². The van der Waals surface area contributed by atoms with Crippen molar-refractivity contribution in [2.75, 3.05) is 0 Å². The fourth-order valence-electron chi connectivity index (χ4n) is 1.81. The normalized spacial score (nSPS) is 21.0. The van der Waals surface area contributed by atoms with Gasteiger partial charge in [-0.05, 0) is 42.9 Å². The third-order valence-electron chi connectivity index (χ3n) is 2.70. The summed E-state index contributed by atoms with van der Waals surface area (Å²) in [4.78, 5) is 0. The van der Waals surface area contributed by atoms with Crippen LogP contribution in [0.25, 0.3) is 6.08 Å². The van der Waals surface area contributed by atoms with E-state index in [9.17, 15) is 0 Å². The Morgan fingerprint density at radius 2 is 2.00 bits per heavy atom. The first kappa shape index (κ1) is 10.7. The maximum absolute atomic E-state index is 3.44. The van der Waals surface area contributed by atoms with Gasteiger partial charge in [-0.25, -0.2) is 0 Å². The lowest BCUT2D eigenvalue weighted by Gasteiger charge is -2.11. The van der Waals surface area contributed by atoms with Gasteiger partial charge in [-0.1, -0.05) is 52.4 Å². The fraction of sp³-hybridized carbons (Fsp3) is 0.286. The van der Waals surface area contributed by atoms with Gasteiger partial charge in [0.2, 0.25) is 0 Å². The third-order valence-corrected chi connectivity index (χ3v) is 3.23. The molecular weight excluding hydrogens is 248 g/mol. The van der Waals surface area contributed by atoms with E-state index in [1.165, 1.54) is 24.8 Å². The summed E-state index contributed by atoms with van der Waals surface area (Å²) in [5.74, 6) is 0.641. The van der Waals surface area contributed by atoms with E-state index >= 15 is 0 Å². The second-order valence-corrected chi connectivity index (χ2v) is 4.85. The first-order valence-electron chi connectivity index (χ1n) is 5.45. The average Bonchev–Trinajstić information content (AvgIpc) is 2.30. The standard InChI is InChI=1S/C14H15Br/c15-14-10-8-13(9-11-14)7-6-12-4-2-1-3-5-12/h2,4,6-12H,1,3,5H2. The van der Waals surface area contributed by atoms with Crippen LogP contribution < -0.4 is 0 Å². The van der Waals surface area contributed by atoms with Crippen molar-refractivity contribution >= 4 is 22.0 Å². The van der Waals surface area contributed by atoms with Crippen molar-refractivity contribution in [3.8, 4) is 0 Å². The predicted octanol–water partition coefficient (Wildman–Crippen LogP) is 4.82. The number of hydrogen-bond donors (Lipinski definition) is 0. The van der Waals surface area contributed by atoms with Gasteiger partial charge in [0.1, 0.15) is 0 Å². The van der Waals surface area contributed by atoms with Crippen molar-refractivity contribution in [2.45, 2.75) is 19.3 Å². The number of benzene rings is 1. The maximum Gasteiger partial charge on any atom is 0.0175 e. The number of rotatable bonds is 2. The van der Waals surface area contributed by atoms with Crippen molar-refractivity contribution in [1.29, 1.82) is 0 Å². The molecule has 1 aromatic rings. The minimum absolute atomic E-state index is 0.641. The minimum Gasteiger partial charge on any atom is -0.0879 e. The van der Waals surface area contributed by atoms with Crippen LogP contribution in [0, 0.1) is 5.92 Å². The smallest absolute Gasteiger partial charge is 0.0175 e. The van der Waals surface area contributed by atoms with Gasteiger partial charge in [-0.15, -0.1) is 0 Å². The molecule has 1 heteroatoms. The molecule has 0 aromatic heterocycles. The monoisotopic (exact) mass is 262 g/mol. The zero-order valence-corrected chi connectivity index (χ0v) is 10.3. The predicted molar refractivity (Wildman–Crippen MR) is 69.7 cm³/mol. The van der Waals surface area contributed by atoms with E-state index in [0.717, 1.165) is 4.47 Å². The third kappa shape index (κ3) is 3.35. The molecule has 0 fully saturated rings. The van der Waals surface area contributed by atoms with Gasteiger partial charge >= 0.3 is 0 Å². The summed E-state index contributed by atoms with van der Waals surface area (Å²) in [6, 6.07) is 8.42. The molecule has 0 N–H and O–H groups in total. The summed E-state index contributed by atoms with van der Waals surface area (Å²) in [5.41, 5.74) is 1.28. The Hall–Kier alpha value is -0.820. The lowest BCUT2D eigenvalue weighted by molar-refractivity contribution is 0.632. The second-order valence-electron chi connectivity index (χ2n) is 3.93. The van der Waals surface area contributed by atoms with Gasteiger partial charge in [0.15, 0.2) is 0 Å². The highest BCUT2D eigenvalue weighted by Gasteiger charge is 2.03. The zero-order chi connectivity index (χ0) is 10.5. The molecule has 0 aliphatic heterocycles. The highest BCUT2D eigenvalue weighted by molar-refractivity contribution is 9.10. The molecule has 0 bridgehead atoms. The Bertz CT molecular complexity index is 359. The summed E-state index contributed by atoms with van der Waals surface area (Å²) < 4.78 is 1.14. The van der Waals surface area contributed by atoms with Gasteiger partial charge in [-0.2, -0.15) is 0 Å². The summed E-state index contributed by atoms with van der Waals surface area (Å²) in [6.07, 6.45) is 13.0. The van der Waals surface area contributed by atoms with E-state index in [1.54, 1.807) is 0 Å². The molecule has 1 aliphatic carbocycles. The molecule has 2 rings (SSSR count). The van der Waals surface area contributed by atoms with Crippen LogP contribution >= 0.6 is 15.9 Å². The van der Waals surface area contributed by atoms with Crippen LogP contribution in [0.5, 0.6) is 0 Å². The van der Waals surface area contributed by atoms with Crippen LogP contribution in [0.4, 0.5) is 0 Å². The molecule has 1 aliphatic rings. The highest BCUT2D eigenvalue weighted by Crippen LogP contribution is 2.19. The van der Waals surface area contributed by atoms with E-state index in [2.05, 4.69) is 64.5 Å². The summed E-state index contributed by atoms with van der Waals surface area (Å²) in [6.45, 7) is 0. The number of hydrogen-bond acceptors (Lipinski definition) is 0.